The lowest BCUT2D eigenvalue weighted by Crippen LogP contribution is -2.40. The molecule has 0 atom stereocenters. The van der Waals surface area contributed by atoms with Crippen molar-refractivity contribution in [3.8, 4) is 0 Å². The zero-order valence-electron chi connectivity index (χ0n) is 17.8. The number of halogens is 3. The van der Waals surface area contributed by atoms with Crippen LogP contribution in [0.25, 0.3) is 11.2 Å². The smallest absolute Gasteiger partial charge is 0.332 e. The summed E-state index contributed by atoms with van der Waals surface area (Å²) in [6.45, 7) is 2.51. The molecule has 4 rings (SSSR count). The fourth-order valence-corrected chi connectivity index (χ4v) is 3.74. The second-order valence-corrected chi connectivity index (χ2v) is 7.91. The summed E-state index contributed by atoms with van der Waals surface area (Å²) < 4.78 is 35.4. The predicted molar refractivity (Wildman–Crippen MR) is 116 cm³/mol. The van der Waals surface area contributed by atoms with Crippen molar-refractivity contribution in [3.05, 3.63) is 73.2 Å². The highest BCUT2D eigenvalue weighted by Crippen LogP contribution is 2.16. The first-order valence-corrected chi connectivity index (χ1v) is 10.9. The third-order valence-corrected chi connectivity index (χ3v) is 5.43. The molecule has 0 amide bonds. The Kier molecular flexibility index (Phi) is 6.68. The molecule has 0 saturated carbocycles. The molecule has 0 unspecified atom stereocenters. The van der Waals surface area contributed by atoms with Crippen LogP contribution in [0.5, 0.6) is 0 Å². The number of aryl methyl sites for hydroxylation is 2. The molecule has 9 nitrogen and oxygen atoms in total. The summed E-state index contributed by atoms with van der Waals surface area (Å²) in [6.07, 6.45) is 2.08. The number of imidazole rings is 1. The minimum Gasteiger partial charge on any atom is -0.339 e. The van der Waals surface area contributed by atoms with Crippen molar-refractivity contribution in [3.63, 3.8) is 0 Å². The van der Waals surface area contributed by atoms with Crippen LogP contribution in [-0.4, -0.2) is 29.2 Å². The van der Waals surface area contributed by atoms with E-state index in [-0.39, 0.29) is 53.1 Å². The molecule has 174 valence electrons. The lowest BCUT2D eigenvalue weighted by Gasteiger charge is -2.10. The Morgan fingerprint density at radius 1 is 1.09 bits per heavy atom. The second-order valence-electron chi connectivity index (χ2n) is 7.56. The summed E-state index contributed by atoms with van der Waals surface area (Å²) in [5.74, 6) is -0.989. The summed E-state index contributed by atoms with van der Waals surface area (Å²) in [6, 6.07) is 3.60. The van der Waals surface area contributed by atoms with Gasteiger partial charge < -0.3 is 9.51 Å². The highest BCUT2D eigenvalue weighted by Gasteiger charge is 2.18. The van der Waals surface area contributed by atoms with Crippen molar-refractivity contribution >= 4 is 22.8 Å². The number of hydrogen-bond acceptors (Lipinski definition) is 6. The Morgan fingerprint density at radius 3 is 2.55 bits per heavy atom. The van der Waals surface area contributed by atoms with Gasteiger partial charge in [0.1, 0.15) is 11.6 Å². The van der Waals surface area contributed by atoms with Crippen LogP contribution in [0.3, 0.4) is 0 Å². The fourth-order valence-electron chi connectivity index (χ4n) is 3.56. The molecule has 0 aliphatic rings. The van der Waals surface area contributed by atoms with Crippen LogP contribution in [0.1, 0.15) is 43.5 Å². The summed E-state index contributed by atoms with van der Waals surface area (Å²) in [4.78, 5) is 36.7. The molecule has 0 saturated heterocycles. The van der Waals surface area contributed by atoms with Gasteiger partial charge in [-0.25, -0.2) is 13.6 Å². The van der Waals surface area contributed by atoms with Gasteiger partial charge in [-0.15, -0.1) is 0 Å². The Morgan fingerprint density at radius 2 is 1.82 bits per heavy atom. The quantitative estimate of drug-likeness (QED) is 0.370. The van der Waals surface area contributed by atoms with Crippen LogP contribution >= 0.6 is 11.6 Å². The number of aromatic amines is 1. The molecule has 0 aliphatic carbocycles. The van der Waals surface area contributed by atoms with Crippen molar-refractivity contribution in [1.29, 1.82) is 0 Å². The van der Waals surface area contributed by atoms with E-state index >= 15 is 0 Å². The number of fused-ring (bicyclic) bond motifs is 1. The van der Waals surface area contributed by atoms with Crippen LogP contribution < -0.4 is 11.2 Å². The molecule has 33 heavy (non-hydrogen) atoms. The van der Waals surface area contributed by atoms with Gasteiger partial charge in [-0.1, -0.05) is 24.6 Å². The number of nitrogens with one attached hydrogen (secondary N) is 1. The Bertz CT molecular complexity index is 1390. The Balaban J connectivity index is 1.50. The SMILES string of the molecule is CCCCn1c(=O)n(CCCc2nc(Cc3c(F)cccc3F)no2)c(=O)c2[nH]c(Cl)nc21. The molecule has 4 aromatic rings. The lowest BCUT2D eigenvalue weighted by molar-refractivity contribution is 0.366. The Hall–Kier alpha value is -3.34. The number of H-pyrrole nitrogens is 1. The molecule has 0 aliphatic heterocycles. The van der Waals surface area contributed by atoms with Crippen LogP contribution in [0.15, 0.2) is 32.3 Å². The fraction of sp³-hybridized carbons (Fsp3) is 0.381. The van der Waals surface area contributed by atoms with Crippen molar-refractivity contribution in [2.24, 2.45) is 0 Å². The molecular formula is C21H21ClF2N6O3. The zero-order valence-corrected chi connectivity index (χ0v) is 18.5. The van der Waals surface area contributed by atoms with Gasteiger partial charge in [0.2, 0.25) is 11.2 Å². The molecule has 1 aromatic carbocycles. The van der Waals surface area contributed by atoms with Gasteiger partial charge >= 0.3 is 5.69 Å². The van der Waals surface area contributed by atoms with E-state index in [0.29, 0.717) is 13.0 Å². The predicted octanol–water partition coefficient (Wildman–Crippen LogP) is 3.22. The number of hydrogen-bond donors (Lipinski definition) is 1. The molecule has 12 heteroatoms. The topological polar surface area (TPSA) is 112 Å². The minimum absolute atomic E-state index is 0.0363. The first-order chi connectivity index (χ1) is 15.9. The molecule has 0 fully saturated rings. The van der Waals surface area contributed by atoms with E-state index in [0.717, 1.165) is 29.5 Å². The molecule has 3 aromatic heterocycles. The molecule has 0 radical (unpaired) electrons. The molecule has 3 heterocycles. The van der Waals surface area contributed by atoms with E-state index in [9.17, 15) is 18.4 Å². The monoisotopic (exact) mass is 478 g/mol. The minimum atomic E-state index is -0.686. The Labute approximate surface area is 191 Å². The van der Waals surface area contributed by atoms with Gasteiger partial charge in [0.15, 0.2) is 17.0 Å². The van der Waals surface area contributed by atoms with E-state index < -0.39 is 22.9 Å². The highest BCUT2D eigenvalue weighted by atomic mass is 35.5. The molecule has 0 bridgehead atoms. The van der Waals surface area contributed by atoms with E-state index in [1.807, 2.05) is 6.92 Å². The second kappa shape index (κ2) is 9.65. The average Bonchev–Trinajstić information content (AvgIpc) is 3.39. The maximum atomic E-state index is 13.8. The van der Waals surface area contributed by atoms with Crippen molar-refractivity contribution in [1.82, 2.24) is 29.2 Å². The van der Waals surface area contributed by atoms with E-state index in [2.05, 4.69) is 20.1 Å². The molecule has 0 spiro atoms. The maximum Gasteiger partial charge on any atom is 0.332 e. The summed E-state index contributed by atoms with van der Waals surface area (Å²) in [5.41, 5.74) is -0.714. The van der Waals surface area contributed by atoms with E-state index in [1.165, 1.54) is 10.6 Å². The van der Waals surface area contributed by atoms with Gasteiger partial charge in [0.25, 0.3) is 5.56 Å². The standard InChI is InChI=1S/C21H21ClF2N6O3/c1-2-3-9-29-18-17(26-20(22)27-18)19(31)30(21(29)32)10-5-8-16-25-15(28-33-16)11-12-13(23)6-4-7-14(12)24/h4,6-7H,2-3,5,8-11H2,1H3,(H,26,27). The maximum absolute atomic E-state index is 13.8. The van der Waals surface area contributed by atoms with Crippen LogP contribution in [0.2, 0.25) is 5.28 Å². The van der Waals surface area contributed by atoms with Gasteiger partial charge in [0.05, 0.1) is 0 Å². The number of nitrogens with zero attached hydrogens (tertiary/aromatic N) is 5. The summed E-state index contributed by atoms with van der Waals surface area (Å²) in [7, 11) is 0. The molecule has 1 N–H and O–H groups in total. The van der Waals surface area contributed by atoms with E-state index in [1.54, 1.807) is 0 Å². The van der Waals surface area contributed by atoms with Crippen LogP contribution in [-0.2, 0) is 25.9 Å². The normalized spacial score (nSPS) is 11.5. The van der Waals surface area contributed by atoms with Crippen LogP contribution in [0, 0.1) is 11.6 Å². The zero-order chi connectivity index (χ0) is 23.5. The largest absolute Gasteiger partial charge is 0.339 e. The van der Waals surface area contributed by atoms with Gasteiger partial charge in [-0.05, 0) is 36.6 Å². The highest BCUT2D eigenvalue weighted by molar-refractivity contribution is 6.28. The van der Waals surface area contributed by atoms with Crippen molar-refractivity contribution < 1.29 is 13.3 Å². The number of unbranched alkanes of at least 4 members (excludes halogenated alkanes) is 1. The molecular weight excluding hydrogens is 458 g/mol. The van der Waals surface area contributed by atoms with Crippen LogP contribution in [0.4, 0.5) is 8.78 Å². The first-order valence-electron chi connectivity index (χ1n) is 10.5. The number of rotatable bonds is 9. The number of aromatic nitrogens is 6. The lowest BCUT2D eigenvalue weighted by atomic mass is 10.1. The number of benzene rings is 1. The summed E-state index contributed by atoms with van der Waals surface area (Å²) >= 11 is 5.93. The third kappa shape index (κ3) is 4.72. The summed E-state index contributed by atoms with van der Waals surface area (Å²) in [5, 5.41) is 3.80. The van der Waals surface area contributed by atoms with Gasteiger partial charge in [-0.2, -0.15) is 9.97 Å². The van der Waals surface area contributed by atoms with Crippen molar-refractivity contribution in [2.45, 2.75) is 52.1 Å². The first kappa shape index (κ1) is 22.8. The average molecular weight is 479 g/mol. The third-order valence-electron chi connectivity index (χ3n) is 5.25. The van der Waals surface area contributed by atoms with Gasteiger partial charge in [-0.3, -0.25) is 13.9 Å². The van der Waals surface area contributed by atoms with E-state index in [4.69, 9.17) is 16.1 Å². The van der Waals surface area contributed by atoms with Gasteiger partial charge in [0, 0.05) is 31.5 Å². The van der Waals surface area contributed by atoms with Crippen molar-refractivity contribution in [2.75, 3.05) is 0 Å².